The molecule has 0 aliphatic rings. The lowest BCUT2D eigenvalue weighted by Gasteiger charge is -2.27. The minimum atomic E-state index is -0.800. The summed E-state index contributed by atoms with van der Waals surface area (Å²) in [6.45, 7) is 7.91. The molecule has 2 rings (SSSR count). The highest BCUT2D eigenvalue weighted by molar-refractivity contribution is 5.88. The average molecular weight is 441 g/mol. The van der Waals surface area contributed by atoms with Gasteiger partial charge in [-0.2, -0.15) is 0 Å². The zero-order chi connectivity index (χ0) is 23.3. The van der Waals surface area contributed by atoms with Crippen molar-refractivity contribution in [3.05, 3.63) is 54.1 Å². The number of hydrogen-bond donors (Lipinski definition) is 1. The van der Waals surface area contributed by atoms with Crippen LogP contribution >= 0.6 is 0 Å². The fraction of sp³-hybridized carbons (Fsp3) is 0.462. The Morgan fingerprint density at radius 3 is 2.50 bits per heavy atom. The second kappa shape index (κ2) is 13.7. The fourth-order valence-electron chi connectivity index (χ4n) is 3.75. The summed E-state index contributed by atoms with van der Waals surface area (Å²) in [5.41, 5.74) is 0.569. The zero-order valence-corrected chi connectivity index (χ0v) is 19.5. The Hall–Kier alpha value is -2.70. The largest absolute Gasteiger partial charge is 0.488 e. The lowest BCUT2D eigenvalue weighted by atomic mass is 10.1. The minimum Gasteiger partial charge on any atom is -0.488 e. The van der Waals surface area contributed by atoms with Gasteiger partial charge in [0.05, 0.1) is 0 Å². The van der Waals surface area contributed by atoms with E-state index in [1.54, 1.807) is 0 Å². The Morgan fingerprint density at radius 2 is 1.81 bits per heavy atom. The fourth-order valence-corrected chi connectivity index (χ4v) is 3.75. The molecule has 0 radical (unpaired) electrons. The molecule has 6 nitrogen and oxygen atoms in total. The number of likely N-dealkylation sites (N-methyl/N-ethyl adjacent to an activating group) is 2. The summed E-state index contributed by atoms with van der Waals surface area (Å²) in [6, 6.07) is 13.3. The normalized spacial score (nSPS) is 13.0. The molecule has 1 N–H and O–H groups in total. The van der Waals surface area contributed by atoms with Gasteiger partial charge in [-0.3, -0.25) is 14.5 Å². The summed E-state index contributed by atoms with van der Waals surface area (Å²) in [4.78, 5) is 27.4. The van der Waals surface area contributed by atoms with Crippen LogP contribution in [0.1, 0.15) is 33.1 Å². The van der Waals surface area contributed by atoms with Gasteiger partial charge in [-0.15, -0.1) is 0 Å². The van der Waals surface area contributed by atoms with Crippen molar-refractivity contribution >= 4 is 23.0 Å². The number of carbonyl (C=O) groups is 2. The molecule has 1 atom stereocenters. The molecular formula is C26H36N2O4. The number of rotatable bonds is 15. The van der Waals surface area contributed by atoms with Gasteiger partial charge < -0.3 is 14.7 Å². The lowest BCUT2D eigenvalue weighted by molar-refractivity contribution is -0.143. The van der Waals surface area contributed by atoms with Crippen LogP contribution in [0.4, 0.5) is 0 Å². The predicted molar refractivity (Wildman–Crippen MR) is 129 cm³/mol. The van der Waals surface area contributed by atoms with E-state index in [9.17, 15) is 14.7 Å². The number of carboxylic acid groups (broad SMARTS) is 1. The van der Waals surface area contributed by atoms with E-state index in [2.05, 4.69) is 18.7 Å². The molecule has 174 valence electrons. The molecule has 2 aromatic rings. The quantitative estimate of drug-likeness (QED) is 0.254. The van der Waals surface area contributed by atoms with Crippen LogP contribution in [0, 0.1) is 0 Å². The van der Waals surface area contributed by atoms with Crippen LogP contribution < -0.4 is 4.74 Å². The lowest BCUT2D eigenvalue weighted by Crippen LogP contribution is -2.42. The highest BCUT2D eigenvalue weighted by Crippen LogP contribution is 2.25. The van der Waals surface area contributed by atoms with Crippen molar-refractivity contribution in [2.45, 2.75) is 39.2 Å². The summed E-state index contributed by atoms with van der Waals surface area (Å²) in [5.74, 6) is -0.0532. The van der Waals surface area contributed by atoms with Crippen LogP contribution in [0.25, 0.3) is 10.8 Å². The molecule has 1 unspecified atom stereocenters. The molecule has 0 fully saturated rings. The number of carbonyl (C=O) groups excluding carboxylic acids is 1. The summed E-state index contributed by atoms with van der Waals surface area (Å²) >= 11 is 0. The van der Waals surface area contributed by atoms with Gasteiger partial charge in [0.15, 0.2) is 0 Å². The first kappa shape index (κ1) is 25.6. The van der Waals surface area contributed by atoms with Crippen LogP contribution in [0.2, 0.25) is 0 Å². The third-order valence-corrected chi connectivity index (χ3v) is 5.86. The molecular weight excluding hydrogens is 404 g/mol. The molecule has 0 amide bonds. The predicted octanol–water partition coefficient (Wildman–Crippen LogP) is 4.24. The Bertz CT molecular complexity index is 887. The SMILES string of the molecule is CCN(CC)CCN(C)C(CCCC=C(C=O)COc1cccc2ccccc12)C(=O)O. The third-order valence-electron chi connectivity index (χ3n) is 5.86. The van der Waals surface area contributed by atoms with Gasteiger partial charge in [0.25, 0.3) is 0 Å². The molecule has 0 aromatic heterocycles. The van der Waals surface area contributed by atoms with Gasteiger partial charge in [0.1, 0.15) is 24.7 Å². The molecule has 32 heavy (non-hydrogen) atoms. The molecule has 6 heteroatoms. The summed E-state index contributed by atoms with van der Waals surface area (Å²) in [6.07, 6.45) is 4.54. The van der Waals surface area contributed by atoms with Gasteiger partial charge in [-0.1, -0.05) is 56.3 Å². The van der Waals surface area contributed by atoms with Crippen molar-refractivity contribution in [2.24, 2.45) is 0 Å². The summed E-state index contributed by atoms with van der Waals surface area (Å²) < 4.78 is 5.90. The highest BCUT2D eigenvalue weighted by Gasteiger charge is 2.22. The molecule has 0 spiro atoms. The number of allylic oxidation sites excluding steroid dienone is 1. The summed E-state index contributed by atoms with van der Waals surface area (Å²) in [5, 5.41) is 11.7. The van der Waals surface area contributed by atoms with Crippen LogP contribution in [-0.2, 0) is 9.59 Å². The third kappa shape index (κ3) is 7.77. The van der Waals surface area contributed by atoms with Gasteiger partial charge in [-0.25, -0.2) is 0 Å². The molecule has 2 aromatic carbocycles. The van der Waals surface area contributed by atoms with E-state index in [4.69, 9.17) is 4.74 Å². The summed E-state index contributed by atoms with van der Waals surface area (Å²) in [7, 11) is 1.87. The van der Waals surface area contributed by atoms with Gasteiger partial charge in [0, 0.05) is 24.0 Å². The second-order valence-electron chi connectivity index (χ2n) is 7.96. The molecule has 0 aliphatic carbocycles. The van der Waals surface area contributed by atoms with E-state index in [0.717, 1.165) is 42.4 Å². The van der Waals surface area contributed by atoms with Crippen LogP contribution in [0.5, 0.6) is 5.75 Å². The van der Waals surface area contributed by atoms with Crippen LogP contribution in [0.15, 0.2) is 54.1 Å². The monoisotopic (exact) mass is 440 g/mol. The number of ether oxygens (including phenoxy) is 1. The first-order valence-corrected chi connectivity index (χ1v) is 11.4. The molecule has 0 saturated heterocycles. The topological polar surface area (TPSA) is 70.1 Å². The maximum atomic E-state index is 11.7. The van der Waals surface area contributed by atoms with E-state index in [1.165, 1.54) is 0 Å². The first-order chi connectivity index (χ1) is 15.5. The van der Waals surface area contributed by atoms with E-state index < -0.39 is 12.0 Å². The molecule has 0 aliphatic heterocycles. The molecule has 0 heterocycles. The first-order valence-electron chi connectivity index (χ1n) is 11.4. The number of carboxylic acids is 1. The van der Waals surface area contributed by atoms with E-state index in [1.807, 2.05) is 60.5 Å². The molecule has 0 bridgehead atoms. The maximum absolute atomic E-state index is 11.7. The second-order valence-corrected chi connectivity index (χ2v) is 7.96. The number of aldehydes is 1. The Kier molecular flexibility index (Phi) is 10.9. The van der Waals surface area contributed by atoms with Crippen molar-refractivity contribution in [3.8, 4) is 5.75 Å². The van der Waals surface area contributed by atoms with E-state index in [0.29, 0.717) is 31.4 Å². The van der Waals surface area contributed by atoms with Crippen molar-refractivity contribution in [1.29, 1.82) is 0 Å². The van der Waals surface area contributed by atoms with Crippen LogP contribution in [-0.4, -0.2) is 73.0 Å². The van der Waals surface area contributed by atoms with E-state index in [-0.39, 0.29) is 6.61 Å². The van der Waals surface area contributed by atoms with Crippen molar-refractivity contribution in [1.82, 2.24) is 9.80 Å². The number of unbranched alkanes of at least 4 members (excludes halogenated alkanes) is 1. The number of fused-ring (bicyclic) bond motifs is 1. The standard InChI is InChI=1S/C26H36N2O4/c1-4-28(5-2)18-17-27(3)24(26(30)31)15-9-6-11-21(19-29)20-32-25-16-10-13-22-12-7-8-14-23(22)25/h7-8,10-14,16,19,24H,4-6,9,15,17-18,20H2,1-3H3,(H,30,31). The van der Waals surface area contributed by atoms with E-state index >= 15 is 0 Å². The van der Waals surface area contributed by atoms with Gasteiger partial charge in [-0.05, 0) is 50.9 Å². The van der Waals surface area contributed by atoms with Crippen molar-refractivity contribution < 1.29 is 19.4 Å². The van der Waals surface area contributed by atoms with Crippen molar-refractivity contribution in [3.63, 3.8) is 0 Å². The smallest absolute Gasteiger partial charge is 0.320 e. The number of benzene rings is 2. The Morgan fingerprint density at radius 1 is 1.09 bits per heavy atom. The number of hydrogen-bond acceptors (Lipinski definition) is 5. The maximum Gasteiger partial charge on any atom is 0.320 e. The minimum absolute atomic E-state index is 0.198. The zero-order valence-electron chi connectivity index (χ0n) is 19.5. The average Bonchev–Trinajstić information content (AvgIpc) is 2.81. The van der Waals surface area contributed by atoms with Gasteiger partial charge in [0.2, 0.25) is 0 Å². The Labute approximate surface area is 191 Å². The van der Waals surface area contributed by atoms with Gasteiger partial charge >= 0.3 is 5.97 Å². The van der Waals surface area contributed by atoms with Crippen molar-refractivity contribution in [2.75, 3.05) is 39.8 Å². The number of nitrogens with zero attached hydrogens (tertiary/aromatic N) is 2. The Balaban J connectivity index is 1.85. The number of aliphatic carboxylic acids is 1. The van der Waals surface area contributed by atoms with Crippen LogP contribution in [0.3, 0.4) is 0 Å². The molecule has 0 saturated carbocycles. The highest BCUT2D eigenvalue weighted by atomic mass is 16.5.